The fraction of sp³-hybridized carbons (Fsp3) is 0.500. The van der Waals surface area contributed by atoms with Gasteiger partial charge in [0.05, 0.1) is 12.1 Å². The molecule has 1 aromatic carbocycles. The first kappa shape index (κ1) is 15.2. The van der Waals surface area contributed by atoms with Gasteiger partial charge in [-0.2, -0.15) is 0 Å². The molecule has 0 radical (unpaired) electrons. The molecule has 0 saturated carbocycles. The Bertz CT molecular complexity index is 409. The molecule has 0 aromatic heterocycles. The Hall–Kier alpha value is -0.870. The quantitative estimate of drug-likeness (QED) is 0.878. The molecule has 0 heterocycles. The molecule has 18 heavy (non-hydrogen) atoms. The summed E-state index contributed by atoms with van der Waals surface area (Å²) in [5, 5.41) is 2.95. The summed E-state index contributed by atoms with van der Waals surface area (Å²) in [6, 6.07) is 7.43. The molecule has 0 bridgehead atoms. The second-order valence-corrected chi connectivity index (χ2v) is 5.61. The lowest BCUT2D eigenvalue weighted by Crippen LogP contribution is -2.45. The van der Waals surface area contributed by atoms with Crippen molar-refractivity contribution in [2.45, 2.75) is 39.3 Å². The number of rotatable bonds is 5. The lowest BCUT2D eigenvalue weighted by atomic mass is 9.98. The van der Waals surface area contributed by atoms with Crippen LogP contribution in [0.5, 0.6) is 0 Å². The molecule has 1 aromatic rings. The first-order chi connectivity index (χ1) is 8.45. The minimum Gasteiger partial charge on any atom is -0.348 e. The van der Waals surface area contributed by atoms with Gasteiger partial charge in [-0.1, -0.05) is 48.3 Å². The summed E-state index contributed by atoms with van der Waals surface area (Å²) >= 11 is 3.42. The molecule has 0 spiro atoms. The smallest absolute Gasteiger partial charge is 0.237 e. The van der Waals surface area contributed by atoms with Crippen molar-refractivity contribution in [2.24, 2.45) is 11.7 Å². The fourth-order valence-electron chi connectivity index (χ4n) is 1.68. The van der Waals surface area contributed by atoms with Gasteiger partial charge in [0.1, 0.15) is 0 Å². The molecular formula is C14H21BrN2O. The van der Waals surface area contributed by atoms with E-state index in [9.17, 15) is 4.79 Å². The van der Waals surface area contributed by atoms with Crippen molar-refractivity contribution < 1.29 is 4.79 Å². The maximum atomic E-state index is 12.0. The van der Waals surface area contributed by atoms with E-state index >= 15 is 0 Å². The molecule has 0 aliphatic rings. The first-order valence-electron chi connectivity index (χ1n) is 6.27. The number of carbonyl (C=O) groups is 1. The topological polar surface area (TPSA) is 55.1 Å². The normalized spacial score (nSPS) is 15.8. The number of carbonyl (C=O) groups excluding carboxylic acids is 1. The summed E-state index contributed by atoms with van der Waals surface area (Å²) in [7, 11) is 0. The number of halogens is 1. The van der Waals surface area contributed by atoms with Gasteiger partial charge in [-0.05, 0) is 30.5 Å². The van der Waals surface area contributed by atoms with Crippen LogP contribution >= 0.6 is 15.9 Å². The Labute approximate surface area is 117 Å². The van der Waals surface area contributed by atoms with Gasteiger partial charge in [0.25, 0.3) is 0 Å². The van der Waals surface area contributed by atoms with Crippen LogP contribution in [0.2, 0.25) is 0 Å². The van der Waals surface area contributed by atoms with Gasteiger partial charge in [0.2, 0.25) is 5.91 Å². The van der Waals surface area contributed by atoms with Crippen LogP contribution in [0.4, 0.5) is 0 Å². The minimum absolute atomic E-state index is 0.0369. The van der Waals surface area contributed by atoms with E-state index in [1.165, 1.54) is 0 Å². The van der Waals surface area contributed by atoms with Crippen LogP contribution in [0.25, 0.3) is 0 Å². The van der Waals surface area contributed by atoms with Gasteiger partial charge in [-0.15, -0.1) is 0 Å². The molecule has 1 rings (SSSR count). The van der Waals surface area contributed by atoms with Crippen molar-refractivity contribution in [3.05, 3.63) is 34.3 Å². The standard InChI is InChI=1S/C14H21BrN2O/c1-4-9(2)13(16)14(18)17-10(3)11-6-5-7-12(15)8-11/h5-10,13H,4,16H2,1-3H3,(H,17,18)/t9?,10-,13?/m0/s1. The Morgan fingerprint density at radius 2 is 2.11 bits per heavy atom. The molecule has 100 valence electrons. The summed E-state index contributed by atoms with van der Waals surface area (Å²) in [6.45, 7) is 5.99. The molecule has 3 nitrogen and oxygen atoms in total. The van der Waals surface area contributed by atoms with E-state index in [0.717, 1.165) is 16.5 Å². The van der Waals surface area contributed by atoms with Crippen molar-refractivity contribution in [2.75, 3.05) is 0 Å². The monoisotopic (exact) mass is 312 g/mol. The highest BCUT2D eigenvalue weighted by molar-refractivity contribution is 9.10. The summed E-state index contributed by atoms with van der Waals surface area (Å²) in [6.07, 6.45) is 0.903. The van der Waals surface area contributed by atoms with Crippen LogP contribution in [0.1, 0.15) is 38.8 Å². The summed E-state index contributed by atoms with van der Waals surface area (Å²) in [5.41, 5.74) is 6.97. The third kappa shape index (κ3) is 4.10. The Kier molecular flexibility index (Phi) is 5.82. The first-order valence-corrected chi connectivity index (χ1v) is 7.06. The molecule has 3 N–H and O–H groups in total. The number of amides is 1. The molecule has 1 amide bonds. The van der Waals surface area contributed by atoms with Crippen molar-refractivity contribution in [3.8, 4) is 0 Å². The summed E-state index contributed by atoms with van der Waals surface area (Å²) < 4.78 is 1.01. The van der Waals surface area contributed by atoms with Crippen molar-refractivity contribution in [1.29, 1.82) is 0 Å². The van der Waals surface area contributed by atoms with E-state index in [0.29, 0.717) is 0 Å². The van der Waals surface area contributed by atoms with Crippen LogP contribution in [0.3, 0.4) is 0 Å². The van der Waals surface area contributed by atoms with Crippen molar-refractivity contribution >= 4 is 21.8 Å². The number of benzene rings is 1. The van der Waals surface area contributed by atoms with Crippen LogP contribution < -0.4 is 11.1 Å². The molecular weight excluding hydrogens is 292 g/mol. The zero-order valence-corrected chi connectivity index (χ0v) is 12.7. The van der Waals surface area contributed by atoms with Gasteiger partial charge in [0.15, 0.2) is 0 Å². The molecule has 2 unspecified atom stereocenters. The van der Waals surface area contributed by atoms with E-state index in [-0.39, 0.29) is 17.9 Å². The van der Waals surface area contributed by atoms with Crippen LogP contribution in [0, 0.1) is 5.92 Å². The van der Waals surface area contributed by atoms with Gasteiger partial charge < -0.3 is 11.1 Å². The maximum absolute atomic E-state index is 12.0. The molecule has 3 atom stereocenters. The van der Waals surface area contributed by atoms with E-state index in [2.05, 4.69) is 21.2 Å². The SMILES string of the molecule is CCC(C)C(N)C(=O)N[C@@H](C)c1cccc(Br)c1. The Morgan fingerprint density at radius 3 is 2.67 bits per heavy atom. The lowest BCUT2D eigenvalue weighted by Gasteiger charge is -2.21. The molecule has 4 heteroatoms. The average molecular weight is 313 g/mol. The van der Waals surface area contributed by atoms with Crippen LogP contribution in [-0.2, 0) is 4.79 Å². The Morgan fingerprint density at radius 1 is 1.44 bits per heavy atom. The average Bonchev–Trinajstić information content (AvgIpc) is 2.36. The largest absolute Gasteiger partial charge is 0.348 e. The van der Waals surface area contributed by atoms with Gasteiger partial charge in [0, 0.05) is 4.47 Å². The second kappa shape index (κ2) is 6.90. The van der Waals surface area contributed by atoms with Crippen LogP contribution in [-0.4, -0.2) is 11.9 Å². The van der Waals surface area contributed by atoms with Crippen molar-refractivity contribution in [1.82, 2.24) is 5.32 Å². The highest BCUT2D eigenvalue weighted by atomic mass is 79.9. The number of hydrogen-bond donors (Lipinski definition) is 2. The minimum atomic E-state index is -0.440. The number of hydrogen-bond acceptors (Lipinski definition) is 2. The highest BCUT2D eigenvalue weighted by Crippen LogP contribution is 2.18. The Balaban J connectivity index is 2.65. The highest BCUT2D eigenvalue weighted by Gasteiger charge is 2.21. The summed E-state index contributed by atoms with van der Waals surface area (Å²) in [4.78, 5) is 12.0. The molecule has 0 aliphatic carbocycles. The lowest BCUT2D eigenvalue weighted by molar-refractivity contribution is -0.124. The van der Waals surface area contributed by atoms with E-state index in [4.69, 9.17) is 5.73 Å². The van der Waals surface area contributed by atoms with E-state index in [1.54, 1.807) is 0 Å². The number of nitrogens with one attached hydrogen (secondary N) is 1. The van der Waals surface area contributed by atoms with E-state index < -0.39 is 6.04 Å². The van der Waals surface area contributed by atoms with Gasteiger partial charge >= 0.3 is 0 Å². The summed E-state index contributed by atoms with van der Waals surface area (Å²) in [5.74, 6) is 0.108. The maximum Gasteiger partial charge on any atom is 0.237 e. The third-order valence-corrected chi connectivity index (χ3v) is 3.76. The number of nitrogens with two attached hydrogens (primary N) is 1. The molecule has 0 aliphatic heterocycles. The molecule has 0 fully saturated rings. The fourth-order valence-corrected chi connectivity index (χ4v) is 2.10. The van der Waals surface area contributed by atoms with Gasteiger partial charge in [-0.3, -0.25) is 4.79 Å². The molecule has 0 saturated heterocycles. The van der Waals surface area contributed by atoms with E-state index in [1.807, 2.05) is 45.0 Å². The van der Waals surface area contributed by atoms with Crippen molar-refractivity contribution in [3.63, 3.8) is 0 Å². The third-order valence-electron chi connectivity index (χ3n) is 3.27. The predicted octanol–water partition coefficient (Wildman–Crippen LogP) is 3.00. The van der Waals surface area contributed by atoms with Gasteiger partial charge in [-0.25, -0.2) is 0 Å². The van der Waals surface area contributed by atoms with Crippen LogP contribution in [0.15, 0.2) is 28.7 Å². The predicted molar refractivity (Wildman–Crippen MR) is 78.1 cm³/mol. The second-order valence-electron chi connectivity index (χ2n) is 4.70. The zero-order valence-electron chi connectivity index (χ0n) is 11.1. The zero-order chi connectivity index (χ0) is 13.7.